The molecule has 2 aromatic carbocycles. The highest BCUT2D eigenvalue weighted by Gasteiger charge is 2.23. The molecule has 0 saturated carbocycles. The molecule has 2 aromatic heterocycles. The van der Waals surface area contributed by atoms with Gasteiger partial charge in [0, 0.05) is 4.47 Å². The average molecular weight is 370 g/mol. The summed E-state index contributed by atoms with van der Waals surface area (Å²) >= 11 is 3.50. The number of halogens is 1. The molecule has 0 amide bonds. The maximum Gasteiger partial charge on any atom is 0.286 e. The highest BCUT2D eigenvalue weighted by molar-refractivity contribution is 9.10. The smallest absolute Gasteiger partial charge is 0.258 e. The van der Waals surface area contributed by atoms with E-state index in [0.29, 0.717) is 26.6 Å². The van der Waals surface area contributed by atoms with Gasteiger partial charge in [-0.15, -0.1) is 5.10 Å². The number of pyridine rings is 1. The van der Waals surface area contributed by atoms with Crippen molar-refractivity contribution in [1.29, 1.82) is 0 Å². The Morgan fingerprint density at radius 1 is 1.13 bits per heavy atom. The van der Waals surface area contributed by atoms with Crippen molar-refractivity contribution >= 4 is 38.2 Å². The van der Waals surface area contributed by atoms with Gasteiger partial charge in [0.05, 0.1) is 21.4 Å². The summed E-state index contributed by atoms with van der Waals surface area (Å²) in [6, 6.07) is 14.3. The van der Waals surface area contributed by atoms with Crippen LogP contribution in [0.1, 0.15) is 0 Å². The molecular weight excluding hydrogens is 362 g/mol. The Morgan fingerprint density at radius 3 is 2.65 bits per heavy atom. The molecule has 0 saturated heterocycles. The van der Waals surface area contributed by atoms with E-state index in [1.807, 2.05) is 30.3 Å². The molecule has 0 aliphatic heterocycles. The Labute approximate surface area is 137 Å². The minimum Gasteiger partial charge on any atom is -0.258 e. The SMILES string of the molecule is O=[N+]([O-])c1c(-c2ccccc2)cc(Br)c2c1ccc1nnnn12. The van der Waals surface area contributed by atoms with Crippen LogP contribution in [0.5, 0.6) is 0 Å². The van der Waals surface area contributed by atoms with Crippen molar-refractivity contribution in [3.8, 4) is 11.1 Å². The number of nitro groups is 1. The van der Waals surface area contributed by atoms with Gasteiger partial charge in [0.1, 0.15) is 0 Å². The highest BCUT2D eigenvalue weighted by Crippen LogP contribution is 2.40. The molecule has 2 heterocycles. The van der Waals surface area contributed by atoms with Gasteiger partial charge in [0.15, 0.2) is 5.65 Å². The normalized spacial score (nSPS) is 11.2. The van der Waals surface area contributed by atoms with E-state index in [1.165, 1.54) is 4.52 Å². The third-order valence-electron chi connectivity index (χ3n) is 3.63. The van der Waals surface area contributed by atoms with E-state index >= 15 is 0 Å². The van der Waals surface area contributed by atoms with Crippen LogP contribution in [0.25, 0.3) is 27.7 Å². The molecule has 4 aromatic rings. The summed E-state index contributed by atoms with van der Waals surface area (Å²) in [5, 5.41) is 23.6. The zero-order valence-corrected chi connectivity index (χ0v) is 13.1. The molecule has 23 heavy (non-hydrogen) atoms. The van der Waals surface area contributed by atoms with E-state index in [-0.39, 0.29) is 10.6 Å². The second-order valence-corrected chi connectivity index (χ2v) is 5.78. The fraction of sp³-hybridized carbons (Fsp3) is 0. The summed E-state index contributed by atoms with van der Waals surface area (Å²) in [5.74, 6) is 0. The van der Waals surface area contributed by atoms with Gasteiger partial charge in [-0.05, 0) is 50.1 Å². The van der Waals surface area contributed by atoms with Crippen LogP contribution >= 0.6 is 15.9 Å². The van der Waals surface area contributed by atoms with Gasteiger partial charge in [-0.2, -0.15) is 4.52 Å². The lowest BCUT2D eigenvalue weighted by Gasteiger charge is -2.09. The average Bonchev–Trinajstić information content (AvgIpc) is 3.03. The molecule has 0 N–H and O–H groups in total. The van der Waals surface area contributed by atoms with Crippen molar-refractivity contribution in [3.63, 3.8) is 0 Å². The fourth-order valence-electron chi connectivity index (χ4n) is 2.67. The number of rotatable bonds is 2. The molecule has 0 aliphatic carbocycles. The highest BCUT2D eigenvalue weighted by atomic mass is 79.9. The van der Waals surface area contributed by atoms with Crippen LogP contribution in [-0.4, -0.2) is 25.0 Å². The molecule has 0 radical (unpaired) electrons. The summed E-state index contributed by atoms with van der Waals surface area (Å²) in [6.45, 7) is 0. The number of nitro benzene ring substituents is 1. The first kappa shape index (κ1) is 13.8. The van der Waals surface area contributed by atoms with E-state index in [1.54, 1.807) is 18.2 Å². The predicted molar refractivity (Wildman–Crippen MR) is 88.1 cm³/mol. The second-order valence-electron chi connectivity index (χ2n) is 4.92. The molecule has 0 bridgehead atoms. The van der Waals surface area contributed by atoms with E-state index in [2.05, 4.69) is 31.5 Å². The number of hydrogen-bond donors (Lipinski definition) is 0. The van der Waals surface area contributed by atoms with Crippen molar-refractivity contribution in [3.05, 3.63) is 63.1 Å². The van der Waals surface area contributed by atoms with Gasteiger partial charge in [-0.1, -0.05) is 30.3 Å². The molecule has 0 unspecified atom stereocenters. The minimum atomic E-state index is -0.368. The molecular formula is C15H8BrN5O2. The summed E-state index contributed by atoms with van der Waals surface area (Å²) in [6.07, 6.45) is 0. The third kappa shape index (κ3) is 2.07. The van der Waals surface area contributed by atoms with Crippen molar-refractivity contribution in [2.75, 3.05) is 0 Å². The minimum absolute atomic E-state index is 0.0341. The molecule has 0 fully saturated rings. The largest absolute Gasteiger partial charge is 0.286 e. The summed E-state index contributed by atoms with van der Waals surface area (Å²) < 4.78 is 2.18. The predicted octanol–water partition coefficient (Wildman–Crippen LogP) is 3.62. The molecule has 8 heteroatoms. The van der Waals surface area contributed by atoms with E-state index < -0.39 is 0 Å². The summed E-state index contributed by atoms with van der Waals surface area (Å²) in [5.41, 5.74) is 2.45. The van der Waals surface area contributed by atoms with Gasteiger partial charge < -0.3 is 0 Å². The van der Waals surface area contributed by atoms with Crippen molar-refractivity contribution in [2.24, 2.45) is 0 Å². The van der Waals surface area contributed by atoms with Gasteiger partial charge in [-0.3, -0.25) is 10.1 Å². The van der Waals surface area contributed by atoms with Crippen LogP contribution in [0.15, 0.2) is 53.0 Å². The standard InChI is InChI=1S/C15H8BrN5O2/c16-12-8-11(9-4-2-1-3-5-9)14(21(22)23)10-6-7-13-17-18-19-20(13)15(10)12/h1-8H. The van der Waals surface area contributed by atoms with Crippen LogP contribution in [0, 0.1) is 10.1 Å². The van der Waals surface area contributed by atoms with Crippen LogP contribution in [0.3, 0.4) is 0 Å². The van der Waals surface area contributed by atoms with Crippen LogP contribution in [-0.2, 0) is 0 Å². The van der Waals surface area contributed by atoms with Gasteiger partial charge >= 0.3 is 0 Å². The number of tetrazole rings is 1. The van der Waals surface area contributed by atoms with E-state index in [0.717, 1.165) is 5.56 Å². The maximum absolute atomic E-state index is 11.7. The number of fused-ring (bicyclic) bond motifs is 3. The Kier molecular flexibility index (Phi) is 3.05. The molecule has 0 aliphatic rings. The van der Waals surface area contributed by atoms with Gasteiger partial charge in [0.25, 0.3) is 5.69 Å². The zero-order valence-electron chi connectivity index (χ0n) is 11.5. The van der Waals surface area contributed by atoms with Crippen molar-refractivity contribution in [2.45, 2.75) is 0 Å². The van der Waals surface area contributed by atoms with Crippen LogP contribution < -0.4 is 0 Å². The molecule has 0 atom stereocenters. The van der Waals surface area contributed by atoms with Crippen molar-refractivity contribution < 1.29 is 4.92 Å². The zero-order chi connectivity index (χ0) is 16.0. The Hall–Kier alpha value is -2.87. The second kappa shape index (κ2) is 5.10. The Morgan fingerprint density at radius 2 is 1.91 bits per heavy atom. The van der Waals surface area contributed by atoms with E-state index in [9.17, 15) is 10.1 Å². The molecule has 7 nitrogen and oxygen atoms in total. The first-order valence-corrected chi connectivity index (χ1v) is 7.49. The Balaban J connectivity index is 2.19. The molecule has 0 spiro atoms. The lowest BCUT2D eigenvalue weighted by Crippen LogP contribution is -1.99. The lowest BCUT2D eigenvalue weighted by atomic mass is 10.0. The molecule has 4 rings (SSSR count). The molecule has 112 valence electrons. The number of aromatic nitrogens is 4. The van der Waals surface area contributed by atoms with Crippen LogP contribution in [0.2, 0.25) is 0 Å². The quantitative estimate of drug-likeness (QED) is 0.397. The Bertz CT molecular complexity index is 1060. The third-order valence-corrected chi connectivity index (χ3v) is 4.24. The first-order chi connectivity index (χ1) is 11.2. The number of nitrogens with zero attached hydrogens (tertiary/aromatic N) is 5. The topological polar surface area (TPSA) is 86.2 Å². The first-order valence-electron chi connectivity index (χ1n) is 6.70. The fourth-order valence-corrected chi connectivity index (χ4v) is 3.28. The van der Waals surface area contributed by atoms with Gasteiger partial charge in [-0.25, -0.2) is 0 Å². The van der Waals surface area contributed by atoms with Crippen molar-refractivity contribution in [1.82, 2.24) is 20.0 Å². The van der Waals surface area contributed by atoms with Gasteiger partial charge in [0.2, 0.25) is 0 Å². The monoisotopic (exact) mass is 369 g/mol. The van der Waals surface area contributed by atoms with Crippen LogP contribution in [0.4, 0.5) is 5.69 Å². The maximum atomic E-state index is 11.7. The summed E-state index contributed by atoms with van der Waals surface area (Å²) in [4.78, 5) is 11.4. The lowest BCUT2D eigenvalue weighted by molar-refractivity contribution is -0.382. The number of hydrogen-bond acceptors (Lipinski definition) is 5. The van der Waals surface area contributed by atoms with E-state index in [4.69, 9.17) is 0 Å². The number of benzene rings is 2. The summed E-state index contributed by atoms with van der Waals surface area (Å²) in [7, 11) is 0.